The SMILES string of the molecule is COc1ccc(/C=C(/NC(=O)c2ccccc2)C(=O)Nc2cccc(SCC(=O)Nc3nnc(C)s3)c2)cc1. The first-order chi connectivity index (χ1) is 18.9. The predicted octanol–water partition coefficient (Wildman–Crippen LogP) is 5.00. The fourth-order valence-electron chi connectivity index (χ4n) is 3.32. The highest BCUT2D eigenvalue weighted by Crippen LogP contribution is 2.23. The maximum Gasteiger partial charge on any atom is 0.272 e. The van der Waals surface area contributed by atoms with E-state index in [4.69, 9.17) is 4.74 Å². The third-order valence-corrected chi connectivity index (χ3v) is 6.94. The fraction of sp³-hybridized carbons (Fsp3) is 0.107. The van der Waals surface area contributed by atoms with E-state index in [1.54, 1.807) is 79.9 Å². The van der Waals surface area contributed by atoms with Crippen molar-refractivity contribution in [3.63, 3.8) is 0 Å². The minimum atomic E-state index is -0.498. The van der Waals surface area contributed by atoms with Crippen molar-refractivity contribution in [3.05, 3.63) is 101 Å². The Balaban J connectivity index is 1.46. The molecule has 0 saturated carbocycles. The summed E-state index contributed by atoms with van der Waals surface area (Å²) < 4.78 is 5.20. The van der Waals surface area contributed by atoms with Gasteiger partial charge in [-0.25, -0.2) is 0 Å². The van der Waals surface area contributed by atoms with Gasteiger partial charge in [-0.05, 0) is 61.0 Å². The Labute approximate surface area is 233 Å². The summed E-state index contributed by atoms with van der Waals surface area (Å²) in [5.74, 6) is -0.286. The standard InChI is InChI=1S/C28H25N5O4S2/c1-18-32-33-28(39-18)31-25(34)17-38-23-10-6-9-21(16-23)29-27(36)24(15-19-11-13-22(37-2)14-12-19)30-26(35)20-7-4-3-5-8-20/h3-16H,17H2,1-2H3,(H,29,36)(H,30,35)(H,31,33,34)/b24-15+. The van der Waals surface area contributed by atoms with Crippen molar-refractivity contribution in [2.24, 2.45) is 0 Å². The van der Waals surface area contributed by atoms with Gasteiger partial charge in [-0.2, -0.15) is 0 Å². The van der Waals surface area contributed by atoms with Crippen LogP contribution in [0.4, 0.5) is 10.8 Å². The van der Waals surface area contributed by atoms with E-state index >= 15 is 0 Å². The van der Waals surface area contributed by atoms with Gasteiger partial charge in [-0.3, -0.25) is 19.7 Å². The summed E-state index contributed by atoms with van der Waals surface area (Å²) in [6.07, 6.45) is 1.59. The van der Waals surface area contributed by atoms with Gasteiger partial charge >= 0.3 is 0 Å². The molecule has 0 fully saturated rings. The van der Waals surface area contributed by atoms with E-state index < -0.39 is 11.8 Å². The van der Waals surface area contributed by atoms with E-state index in [1.807, 2.05) is 19.1 Å². The van der Waals surface area contributed by atoms with E-state index in [1.165, 1.54) is 23.1 Å². The van der Waals surface area contributed by atoms with Crippen LogP contribution < -0.4 is 20.7 Å². The number of methoxy groups -OCH3 is 1. The minimum absolute atomic E-state index is 0.0683. The molecule has 0 radical (unpaired) electrons. The van der Waals surface area contributed by atoms with Crippen LogP contribution in [0, 0.1) is 6.92 Å². The van der Waals surface area contributed by atoms with Crippen molar-refractivity contribution < 1.29 is 19.1 Å². The van der Waals surface area contributed by atoms with E-state index in [2.05, 4.69) is 26.1 Å². The summed E-state index contributed by atoms with van der Waals surface area (Å²) in [5, 5.41) is 17.3. The molecule has 11 heteroatoms. The molecule has 0 aliphatic heterocycles. The molecule has 0 atom stereocenters. The number of aromatic nitrogens is 2. The van der Waals surface area contributed by atoms with Gasteiger partial charge in [0.2, 0.25) is 11.0 Å². The largest absolute Gasteiger partial charge is 0.497 e. The second-order valence-corrected chi connectivity index (χ2v) is 10.3. The Morgan fingerprint density at radius 1 is 0.949 bits per heavy atom. The van der Waals surface area contributed by atoms with Gasteiger partial charge in [-0.1, -0.05) is 47.7 Å². The predicted molar refractivity (Wildman–Crippen MR) is 154 cm³/mol. The van der Waals surface area contributed by atoms with Crippen molar-refractivity contribution in [3.8, 4) is 5.75 Å². The number of aryl methyl sites for hydroxylation is 1. The third kappa shape index (κ3) is 8.25. The number of anilines is 2. The first-order valence-electron chi connectivity index (χ1n) is 11.8. The molecule has 198 valence electrons. The molecular formula is C28H25N5O4S2. The first-order valence-corrected chi connectivity index (χ1v) is 13.6. The van der Waals surface area contributed by atoms with Gasteiger partial charge < -0.3 is 15.4 Å². The monoisotopic (exact) mass is 559 g/mol. The highest BCUT2D eigenvalue weighted by molar-refractivity contribution is 8.00. The summed E-state index contributed by atoms with van der Waals surface area (Å²) in [5.41, 5.74) is 1.71. The van der Waals surface area contributed by atoms with Crippen LogP contribution in [0.25, 0.3) is 6.08 Å². The smallest absolute Gasteiger partial charge is 0.272 e. The van der Waals surface area contributed by atoms with Gasteiger partial charge in [0.15, 0.2) is 0 Å². The molecule has 0 bridgehead atoms. The maximum absolute atomic E-state index is 13.3. The first kappa shape index (κ1) is 27.6. The van der Waals surface area contributed by atoms with Crippen LogP contribution in [0.15, 0.2) is 89.5 Å². The summed E-state index contributed by atoms with van der Waals surface area (Å²) in [6.45, 7) is 1.81. The molecule has 4 rings (SSSR count). The second-order valence-electron chi connectivity index (χ2n) is 8.10. The van der Waals surface area contributed by atoms with Gasteiger partial charge in [0.25, 0.3) is 11.8 Å². The Kier molecular flexibility index (Phi) is 9.44. The van der Waals surface area contributed by atoms with Crippen LogP contribution in [-0.4, -0.2) is 40.8 Å². The van der Waals surface area contributed by atoms with Crippen LogP contribution >= 0.6 is 23.1 Å². The topological polar surface area (TPSA) is 122 Å². The van der Waals surface area contributed by atoms with Gasteiger partial charge in [-0.15, -0.1) is 22.0 Å². The lowest BCUT2D eigenvalue weighted by Gasteiger charge is -2.12. The molecule has 39 heavy (non-hydrogen) atoms. The summed E-state index contributed by atoms with van der Waals surface area (Å²) in [7, 11) is 1.57. The maximum atomic E-state index is 13.3. The van der Waals surface area contributed by atoms with Crippen LogP contribution in [0.2, 0.25) is 0 Å². The highest BCUT2D eigenvalue weighted by Gasteiger charge is 2.16. The second kappa shape index (κ2) is 13.4. The van der Waals surface area contributed by atoms with Crippen molar-refractivity contribution in [1.29, 1.82) is 0 Å². The number of thioether (sulfide) groups is 1. The number of nitrogens with zero attached hydrogens (tertiary/aromatic N) is 2. The van der Waals surface area contributed by atoms with Crippen LogP contribution in [0.3, 0.4) is 0 Å². The minimum Gasteiger partial charge on any atom is -0.497 e. The van der Waals surface area contributed by atoms with Crippen molar-refractivity contribution in [2.75, 3.05) is 23.5 Å². The average molecular weight is 560 g/mol. The number of benzene rings is 3. The quantitative estimate of drug-likeness (QED) is 0.185. The molecule has 1 aromatic heterocycles. The molecule has 0 aliphatic rings. The summed E-state index contributed by atoms with van der Waals surface area (Å²) >= 11 is 2.62. The lowest BCUT2D eigenvalue weighted by molar-refractivity contribution is -0.114. The van der Waals surface area contributed by atoms with E-state index in [0.29, 0.717) is 27.7 Å². The zero-order valence-electron chi connectivity index (χ0n) is 21.1. The highest BCUT2D eigenvalue weighted by atomic mass is 32.2. The molecule has 3 N–H and O–H groups in total. The number of hydrogen-bond acceptors (Lipinski definition) is 8. The molecular weight excluding hydrogens is 534 g/mol. The van der Waals surface area contributed by atoms with Crippen LogP contribution in [0.5, 0.6) is 5.75 Å². The van der Waals surface area contributed by atoms with Crippen LogP contribution in [-0.2, 0) is 9.59 Å². The molecule has 0 saturated heterocycles. The number of nitrogens with one attached hydrogen (secondary N) is 3. The normalized spacial score (nSPS) is 11.0. The molecule has 1 heterocycles. The number of carbonyl (C=O) groups excluding carboxylic acids is 3. The molecule has 3 aromatic carbocycles. The number of ether oxygens (including phenoxy) is 1. The number of rotatable bonds is 10. The van der Waals surface area contributed by atoms with Gasteiger partial charge in [0.05, 0.1) is 12.9 Å². The molecule has 3 amide bonds. The number of carbonyl (C=O) groups is 3. The zero-order chi connectivity index (χ0) is 27.6. The van der Waals surface area contributed by atoms with Crippen molar-refractivity contribution in [1.82, 2.24) is 15.5 Å². The summed E-state index contributed by atoms with van der Waals surface area (Å²) in [6, 6.07) is 22.9. The molecule has 0 aliphatic carbocycles. The van der Waals surface area contributed by atoms with Gasteiger partial charge in [0, 0.05) is 16.1 Å². The van der Waals surface area contributed by atoms with E-state index in [-0.39, 0.29) is 17.4 Å². The van der Waals surface area contributed by atoms with E-state index in [0.717, 1.165) is 9.90 Å². The molecule has 9 nitrogen and oxygen atoms in total. The zero-order valence-corrected chi connectivity index (χ0v) is 22.8. The Bertz CT molecular complexity index is 1490. The lowest BCUT2D eigenvalue weighted by Crippen LogP contribution is -2.30. The van der Waals surface area contributed by atoms with Gasteiger partial charge in [0.1, 0.15) is 16.5 Å². The Morgan fingerprint density at radius 3 is 2.41 bits per heavy atom. The molecule has 0 unspecified atom stereocenters. The summed E-state index contributed by atoms with van der Waals surface area (Å²) in [4.78, 5) is 39.2. The number of hydrogen-bond donors (Lipinski definition) is 3. The average Bonchev–Trinajstić information content (AvgIpc) is 3.36. The van der Waals surface area contributed by atoms with E-state index in [9.17, 15) is 14.4 Å². The Hall–Kier alpha value is -4.48. The number of amides is 3. The molecule has 0 spiro atoms. The third-order valence-electron chi connectivity index (χ3n) is 5.19. The van der Waals surface area contributed by atoms with Crippen molar-refractivity contribution in [2.45, 2.75) is 11.8 Å². The fourth-order valence-corrected chi connectivity index (χ4v) is 4.69. The van der Waals surface area contributed by atoms with Crippen molar-refractivity contribution >= 4 is 57.7 Å². The lowest BCUT2D eigenvalue weighted by atomic mass is 10.1. The molecule has 4 aromatic rings. The Morgan fingerprint density at radius 2 is 1.72 bits per heavy atom. The van der Waals surface area contributed by atoms with Crippen LogP contribution in [0.1, 0.15) is 20.9 Å².